The number of imidazole rings is 1. The van der Waals surface area contributed by atoms with E-state index in [1.807, 2.05) is 48.7 Å². The number of para-hydroxylation sites is 1. The Morgan fingerprint density at radius 2 is 1.74 bits per heavy atom. The molecule has 4 aromatic carbocycles. The van der Waals surface area contributed by atoms with Crippen LogP contribution < -0.4 is 0 Å². The fraction of sp³-hybridized carbons (Fsp3) is 0.220. The van der Waals surface area contributed by atoms with Gasteiger partial charge < -0.3 is 14.0 Å². The third-order valence-electron chi connectivity index (χ3n) is 9.33. The fourth-order valence-corrected chi connectivity index (χ4v) is 7.11. The van der Waals surface area contributed by atoms with Crippen molar-refractivity contribution in [3.05, 3.63) is 126 Å². The molecule has 7 aromatic rings. The Hall–Kier alpha value is -4.31. The monoisotopic (exact) mass is 778 g/mol. The summed E-state index contributed by atoms with van der Waals surface area (Å²) in [5.74, 6) is 2.21. The molecule has 0 spiro atoms. The molecule has 4 heterocycles. The molecule has 9 rings (SSSR count). The second-order valence-corrected chi connectivity index (χ2v) is 12.5. The summed E-state index contributed by atoms with van der Waals surface area (Å²) in [6, 6.07) is 35.7. The first-order chi connectivity index (χ1) is 22.2. The summed E-state index contributed by atoms with van der Waals surface area (Å²) in [4.78, 5) is 9.46. The Morgan fingerprint density at radius 3 is 2.57 bits per heavy atom. The van der Waals surface area contributed by atoms with Gasteiger partial charge in [-0.25, -0.2) is 0 Å². The second kappa shape index (κ2) is 12.8. The van der Waals surface area contributed by atoms with Crippen molar-refractivity contribution in [2.24, 2.45) is 0 Å². The molecule has 231 valence electrons. The molecule has 1 radical (unpaired) electrons. The fourth-order valence-electron chi connectivity index (χ4n) is 7.11. The smallest absolute Gasteiger partial charge is 0.120 e. The van der Waals surface area contributed by atoms with Gasteiger partial charge in [-0.2, -0.15) is 0 Å². The summed E-state index contributed by atoms with van der Waals surface area (Å²) in [6.07, 6.45) is 11.7. The maximum atomic E-state index is 6.13. The van der Waals surface area contributed by atoms with Crippen molar-refractivity contribution >= 4 is 39.0 Å². The largest absolute Gasteiger partial charge is 0.501 e. The molecule has 46 heavy (non-hydrogen) atoms. The van der Waals surface area contributed by atoms with Gasteiger partial charge in [0.25, 0.3) is 0 Å². The molecule has 1 aliphatic carbocycles. The standard InChI is InChI=1S/C22H18NO.C19H17N2.Ir/c1-2-7-15(6-1)16-12-13-23-20(14-16)19-10-5-9-18-17-8-3-4-11-21(17)24-22(18)19;1-13(2)15-10-11-17-18-16(15)9-6-12-21(18)19(20-17)14-7-4-3-5-8-14;/h3-5,8-9,11-15H,1-2,6-7H2;3-7,9-11,13H,12H2,1-2H3;/q2*-1;. The van der Waals surface area contributed by atoms with Crippen LogP contribution in [-0.2, 0) is 26.7 Å². The van der Waals surface area contributed by atoms with Gasteiger partial charge in [0.05, 0.1) is 22.4 Å². The third kappa shape index (κ3) is 5.42. The van der Waals surface area contributed by atoms with Crippen molar-refractivity contribution < 1.29 is 24.5 Å². The van der Waals surface area contributed by atoms with Gasteiger partial charge in [0.1, 0.15) is 5.58 Å². The molecule has 4 nitrogen and oxygen atoms in total. The van der Waals surface area contributed by atoms with Crippen LogP contribution >= 0.6 is 0 Å². The van der Waals surface area contributed by atoms with Crippen LogP contribution in [0.4, 0.5) is 0 Å². The number of fused-ring (bicyclic) bond motifs is 3. The van der Waals surface area contributed by atoms with E-state index >= 15 is 0 Å². The van der Waals surface area contributed by atoms with Crippen molar-refractivity contribution in [2.75, 3.05) is 0 Å². The van der Waals surface area contributed by atoms with Crippen molar-refractivity contribution in [2.45, 2.75) is 57.9 Å². The molecule has 1 fully saturated rings. The van der Waals surface area contributed by atoms with Gasteiger partial charge in [0.2, 0.25) is 0 Å². The van der Waals surface area contributed by atoms with Crippen LogP contribution in [0, 0.1) is 12.1 Å². The van der Waals surface area contributed by atoms with Crippen LogP contribution in [0.2, 0.25) is 0 Å². The van der Waals surface area contributed by atoms with E-state index in [9.17, 15) is 0 Å². The number of pyridine rings is 1. The number of rotatable bonds is 4. The number of hydrogen-bond donors (Lipinski definition) is 0. The zero-order valence-corrected chi connectivity index (χ0v) is 28.5. The number of nitrogens with zero attached hydrogens (tertiary/aromatic N) is 3. The topological polar surface area (TPSA) is 43.9 Å². The molecule has 3 aromatic heterocycles. The first-order valence-corrected chi connectivity index (χ1v) is 16.1. The van der Waals surface area contributed by atoms with Crippen LogP contribution in [0.3, 0.4) is 0 Å². The third-order valence-corrected chi connectivity index (χ3v) is 9.33. The number of allylic oxidation sites excluding steroid dienone is 1. The molecular weight excluding hydrogens is 743 g/mol. The Morgan fingerprint density at radius 1 is 0.891 bits per heavy atom. The minimum Gasteiger partial charge on any atom is -0.501 e. The van der Waals surface area contributed by atoms with Crippen molar-refractivity contribution in [3.63, 3.8) is 0 Å². The van der Waals surface area contributed by atoms with E-state index in [0.717, 1.165) is 56.6 Å². The van der Waals surface area contributed by atoms with Gasteiger partial charge in [0.15, 0.2) is 0 Å². The SMILES string of the molecule is CC(C)c1ccc2nc(-c3[c-]cccc3)n3c2c1C=CC3.[Ir].[c-]1ccc2c(oc3ccccc32)c1-c1cc(C2CCCC2)ccn1. The van der Waals surface area contributed by atoms with Gasteiger partial charge in [-0.15, -0.1) is 54.1 Å². The predicted molar refractivity (Wildman–Crippen MR) is 184 cm³/mol. The molecule has 0 saturated heterocycles. The number of aromatic nitrogens is 3. The maximum absolute atomic E-state index is 6.13. The van der Waals surface area contributed by atoms with Crippen molar-refractivity contribution in [1.29, 1.82) is 0 Å². The Labute approximate surface area is 283 Å². The minimum atomic E-state index is 0. The number of benzene rings is 4. The molecule has 0 atom stereocenters. The zero-order valence-electron chi connectivity index (χ0n) is 26.1. The van der Waals surface area contributed by atoms with Crippen molar-refractivity contribution in [1.82, 2.24) is 14.5 Å². The molecule has 2 aliphatic rings. The average Bonchev–Trinajstić information content (AvgIpc) is 3.84. The summed E-state index contributed by atoms with van der Waals surface area (Å²) >= 11 is 0. The van der Waals surface area contributed by atoms with E-state index in [1.165, 1.54) is 47.9 Å². The Balaban J connectivity index is 0.000000145. The van der Waals surface area contributed by atoms with Crippen LogP contribution in [-0.4, -0.2) is 14.5 Å². The van der Waals surface area contributed by atoms with Gasteiger partial charge in [-0.1, -0.05) is 85.7 Å². The summed E-state index contributed by atoms with van der Waals surface area (Å²) < 4.78 is 8.44. The molecule has 0 unspecified atom stereocenters. The Bertz CT molecular complexity index is 2180. The van der Waals surface area contributed by atoms with E-state index in [4.69, 9.17) is 9.40 Å². The molecule has 0 N–H and O–H groups in total. The van der Waals surface area contributed by atoms with E-state index in [0.29, 0.717) is 11.8 Å². The second-order valence-electron chi connectivity index (χ2n) is 12.5. The number of furan rings is 1. The quantitative estimate of drug-likeness (QED) is 0.167. The summed E-state index contributed by atoms with van der Waals surface area (Å²) in [6.45, 7) is 5.36. The first kappa shape index (κ1) is 30.3. The predicted octanol–water partition coefficient (Wildman–Crippen LogP) is 10.8. The van der Waals surface area contributed by atoms with E-state index in [2.05, 4.69) is 90.1 Å². The van der Waals surface area contributed by atoms with Crippen molar-refractivity contribution in [3.8, 4) is 22.6 Å². The van der Waals surface area contributed by atoms with Crippen LogP contribution in [0.1, 0.15) is 68.1 Å². The molecule has 0 amide bonds. The van der Waals surface area contributed by atoms with Gasteiger partial charge in [0, 0.05) is 43.8 Å². The van der Waals surface area contributed by atoms with Crippen LogP contribution in [0.25, 0.3) is 61.7 Å². The molecule has 0 bridgehead atoms. The van der Waals surface area contributed by atoms with Gasteiger partial charge >= 0.3 is 0 Å². The summed E-state index contributed by atoms with van der Waals surface area (Å²) in [5, 5.41) is 2.28. The van der Waals surface area contributed by atoms with E-state index < -0.39 is 0 Å². The molecule has 1 saturated carbocycles. The van der Waals surface area contributed by atoms with E-state index in [-0.39, 0.29) is 20.1 Å². The average molecular weight is 778 g/mol. The Kier molecular flexibility index (Phi) is 8.46. The maximum Gasteiger partial charge on any atom is 0.120 e. The molecule has 5 heteroatoms. The van der Waals surface area contributed by atoms with Crippen LogP contribution in [0.15, 0.2) is 102 Å². The summed E-state index contributed by atoms with van der Waals surface area (Å²) in [5.41, 5.74) is 11.2. The van der Waals surface area contributed by atoms with Gasteiger partial charge in [-0.05, 0) is 54.1 Å². The molecular formula is C41H35IrN3O-2. The molecule has 1 aliphatic heterocycles. The summed E-state index contributed by atoms with van der Waals surface area (Å²) in [7, 11) is 0. The minimum absolute atomic E-state index is 0. The normalized spacial score (nSPS) is 14.2. The first-order valence-electron chi connectivity index (χ1n) is 16.1. The zero-order chi connectivity index (χ0) is 30.3. The van der Waals surface area contributed by atoms with Crippen LogP contribution in [0.5, 0.6) is 0 Å². The van der Waals surface area contributed by atoms with Gasteiger partial charge in [-0.3, -0.25) is 4.98 Å². The number of hydrogen-bond acceptors (Lipinski definition) is 3. The van der Waals surface area contributed by atoms with E-state index in [1.54, 1.807) is 0 Å².